The van der Waals surface area contributed by atoms with Gasteiger partial charge in [0.05, 0.1) is 7.11 Å². The van der Waals surface area contributed by atoms with E-state index < -0.39 is 0 Å². The molecule has 0 radical (unpaired) electrons. The van der Waals surface area contributed by atoms with Gasteiger partial charge in [-0.1, -0.05) is 30.3 Å². The third-order valence-electron chi connectivity index (χ3n) is 3.59. The molecule has 0 bridgehead atoms. The minimum atomic E-state index is 0.544. The molecule has 25 heavy (non-hydrogen) atoms. The highest BCUT2D eigenvalue weighted by Crippen LogP contribution is 2.26. The Morgan fingerprint density at radius 2 is 1.36 bits per heavy atom. The Bertz CT molecular complexity index is 773. The van der Waals surface area contributed by atoms with Crippen molar-refractivity contribution < 1.29 is 14.2 Å². The van der Waals surface area contributed by atoms with E-state index in [1.807, 2.05) is 78.9 Å². The van der Waals surface area contributed by atoms with Crippen molar-refractivity contribution in [1.82, 2.24) is 0 Å². The first-order valence-electron chi connectivity index (χ1n) is 8.18. The zero-order chi connectivity index (χ0) is 17.3. The summed E-state index contributed by atoms with van der Waals surface area (Å²) in [6.45, 7) is 1.24. The van der Waals surface area contributed by atoms with Gasteiger partial charge in [0.25, 0.3) is 0 Å². The SMILES string of the molecule is COc1ccccc1OCCNc1ccc(Oc2ccccc2)cc1. The van der Waals surface area contributed by atoms with Crippen LogP contribution in [0.25, 0.3) is 0 Å². The van der Waals surface area contributed by atoms with Gasteiger partial charge in [-0.05, 0) is 48.5 Å². The fraction of sp³-hybridized carbons (Fsp3) is 0.143. The Hall–Kier alpha value is -3.14. The van der Waals surface area contributed by atoms with E-state index >= 15 is 0 Å². The molecule has 0 aliphatic rings. The predicted octanol–water partition coefficient (Wildman–Crippen LogP) is 4.98. The lowest BCUT2D eigenvalue weighted by Crippen LogP contribution is -2.11. The summed E-state index contributed by atoms with van der Waals surface area (Å²) in [7, 11) is 1.64. The van der Waals surface area contributed by atoms with Crippen molar-refractivity contribution in [2.75, 3.05) is 25.6 Å². The van der Waals surface area contributed by atoms with Crippen LogP contribution in [0.2, 0.25) is 0 Å². The van der Waals surface area contributed by atoms with Gasteiger partial charge >= 0.3 is 0 Å². The van der Waals surface area contributed by atoms with Gasteiger partial charge in [0.15, 0.2) is 11.5 Å². The summed E-state index contributed by atoms with van der Waals surface area (Å²) < 4.78 is 16.8. The number of methoxy groups -OCH3 is 1. The molecule has 0 aliphatic carbocycles. The quantitative estimate of drug-likeness (QED) is 0.589. The molecule has 0 spiro atoms. The Balaban J connectivity index is 1.46. The van der Waals surface area contributed by atoms with E-state index in [0.29, 0.717) is 13.2 Å². The first-order valence-corrected chi connectivity index (χ1v) is 8.18. The van der Waals surface area contributed by atoms with Crippen molar-refractivity contribution in [3.63, 3.8) is 0 Å². The van der Waals surface area contributed by atoms with Gasteiger partial charge in [0.1, 0.15) is 18.1 Å². The number of anilines is 1. The molecule has 4 heteroatoms. The van der Waals surface area contributed by atoms with Crippen molar-refractivity contribution in [3.05, 3.63) is 78.9 Å². The maximum Gasteiger partial charge on any atom is 0.161 e. The molecule has 0 amide bonds. The minimum absolute atomic E-state index is 0.544. The van der Waals surface area contributed by atoms with Crippen LogP contribution in [0.3, 0.4) is 0 Å². The van der Waals surface area contributed by atoms with Crippen LogP contribution in [-0.2, 0) is 0 Å². The van der Waals surface area contributed by atoms with Gasteiger partial charge in [-0.25, -0.2) is 0 Å². The van der Waals surface area contributed by atoms with Crippen LogP contribution in [0.1, 0.15) is 0 Å². The van der Waals surface area contributed by atoms with Crippen molar-refractivity contribution in [2.45, 2.75) is 0 Å². The van der Waals surface area contributed by atoms with E-state index in [1.54, 1.807) is 7.11 Å². The first kappa shape index (κ1) is 16.7. The molecule has 0 saturated heterocycles. The van der Waals surface area contributed by atoms with Crippen LogP contribution in [0, 0.1) is 0 Å². The first-order chi connectivity index (χ1) is 12.3. The standard InChI is InChI=1S/C21H21NO3/c1-23-20-9-5-6-10-21(20)24-16-15-22-17-11-13-19(14-12-17)25-18-7-3-2-4-8-18/h2-14,22H,15-16H2,1H3. The van der Waals surface area contributed by atoms with E-state index in [-0.39, 0.29) is 0 Å². The fourth-order valence-corrected chi connectivity index (χ4v) is 2.36. The summed E-state index contributed by atoms with van der Waals surface area (Å²) in [4.78, 5) is 0. The second kappa shape index (κ2) is 8.64. The third kappa shape index (κ3) is 4.91. The maximum atomic E-state index is 5.78. The number of benzene rings is 3. The lowest BCUT2D eigenvalue weighted by molar-refractivity contribution is 0.306. The Morgan fingerprint density at radius 1 is 0.720 bits per heavy atom. The van der Waals surface area contributed by atoms with Crippen LogP contribution < -0.4 is 19.5 Å². The summed E-state index contributed by atoms with van der Waals surface area (Å²) in [5.41, 5.74) is 1.02. The van der Waals surface area contributed by atoms with E-state index in [2.05, 4.69) is 5.32 Å². The molecule has 0 aromatic heterocycles. The highest BCUT2D eigenvalue weighted by Gasteiger charge is 2.02. The van der Waals surface area contributed by atoms with Gasteiger partial charge in [-0.15, -0.1) is 0 Å². The zero-order valence-electron chi connectivity index (χ0n) is 14.1. The van der Waals surface area contributed by atoms with Gasteiger partial charge in [-0.2, -0.15) is 0 Å². The topological polar surface area (TPSA) is 39.7 Å². The normalized spacial score (nSPS) is 10.1. The zero-order valence-corrected chi connectivity index (χ0v) is 14.1. The predicted molar refractivity (Wildman–Crippen MR) is 99.9 cm³/mol. The average molecular weight is 335 g/mol. The van der Waals surface area contributed by atoms with Crippen molar-refractivity contribution in [1.29, 1.82) is 0 Å². The summed E-state index contributed by atoms with van der Waals surface area (Å²) in [6.07, 6.45) is 0. The van der Waals surface area contributed by atoms with Crippen molar-refractivity contribution >= 4 is 5.69 Å². The van der Waals surface area contributed by atoms with Crippen LogP contribution >= 0.6 is 0 Å². The van der Waals surface area contributed by atoms with Crippen molar-refractivity contribution in [3.8, 4) is 23.0 Å². The molecule has 0 atom stereocenters. The number of hydrogen-bond donors (Lipinski definition) is 1. The van der Waals surface area contributed by atoms with Crippen LogP contribution in [0.5, 0.6) is 23.0 Å². The van der Waals surface area contributed by atoms with E-state index in [1.165, 1.54) is 0 Å². The van der Waals surface area contributed by atoms with Gasteiger partial charge in [0, 0.05) is 12.2 Å². The molecule has 3 rings (SSSR count). The lowest BCUT2D eigenvalue weighted by atomic mass is 10.3. The summed E-state index contributed by atoms with van der Waals surface area (Å²) >= 11 is 0. The maximum absolute atomic E-state index is 5.78. The Labute approximate surface area is 148 Å². The molecule has 4 nitrogen and oxygen atoms in total. The Morgan fingerprint density at radius 3 is 2.08 bits per heavy atom. The number of nitrogens with one attached hydrogen (secondary N) is 1. The molecule has 128 valence electrons. The minimum Gasteiger partial charge on any atom is -0.493 e. The van der Waals surface area contributed by atoms with E-state index in [0.717, 1.165) is 28.7 Å². The van der Waals surface area contributed by atoms with E-state index in [4.69, 9.17) is 14.2 Å². The van der Waals surface area contributed by atoms with Gasteiger partial charge in [0.2, 0.25) is 0 Å². The second-order valence-electron chi connectivity index (χ2n) is 5.37. The molecule has 0 heterocycles. The highest BCUT2D eigenvalue weighted by atomic mass is 16.5. The largest absolute Gasteiger partial charge is 0.493 e. The van der Waals surface area contributed by atoms with Crippen molar-refractivity contribution in [2.24, 2.45) is 0 Å². The number of hydrogen-bond acceptors (Lipinski definition) is 4. The number of rotatable bonds is 8. The second-order valence-corrected chi connectivity index (χ2v) is 5.37. The van der Waals surface area contributed by atoms with Crippen LogP contribution in [0.4, 0.5) is 5.69 Å². The van der Waals surface area contributed by atoms with Gasteiger partial charge < -0.3 is 19.5 Å². The molecule has 0 saturated carbocycles. The fourth-order valence-electron chi connectivity index (χ4n) is 2.36. The molecular formula is C21H21NO3. The molecule has 3 aromatic rings. The molecular weight excluding hydrogens is 314 g/mol. The smallest absolute Gasteiger partial charge is 0.161 e. The summed E-state index contributed by atoms with van der Waals surface area (Å²) in [5.74, 6) is 3.12. The average Bonchev–Trinajstić information content (AvgIpc) is 2.67. The highest BCUT2D eigenvalue weighted by molar-refractivity contribution is 5.47. The molecule has 0 fully saturated rings. The molecule has 0 unspecified atom stereocenters. The summed E-state index contributed by atoms with van der Waals surface area (Å²) in [5, 5.41) is 3.32. The number of para-hydroxylation sites is 3. The monoisotopic (exact) mass is 335 g/mol. The Kier molecular flexibility index (Phi) is 5.77. The van der Waals surface area contributed by atoms with E-state index in [9.17, 15) is 0 Å². The van der Waals surface area contributed by atoms with Crippen LogP contribution in [-0.4, -0.2) is 20.3 Å². The van der Waals surface area contributed by atoms with Gasteiger partial charge in [-0.3, -0.25) is 0 Å². The third-order valence-corrected chi connectivity index (χ3v) is 3.59. The lowest BCUT2D eigenvalue weighted by Gasteiger charge is -2.12. The molecule has 1 N–H and O–H groups in total. The molecule has 3 aromatic carbocycles. The summed E-state index contributed by atoms with van der Waals surface area (Å²) in [6, 6.07) is 25.2. The van der Waals surface area contributed by atoms with Crippen LogP contribution in [0.15, 0.2) is 78.9 Å². The molecule has 0 aliphatic heterocycles. The number of ether oxygens (including phenoxy) is 3.